The van der Waals surface area contributed by atoms with E-state index in [2.05, 4.69) is 15.4 Å². The van der Waals surface area contributed by atoms with E-state index in [1.807, 2.05) is 12.1 Å². The number of carbonyl (C=O) groups is 2. The Morgan fingerprint density at radius 3 is 2.29 bits per heavy atom. The molecule has 8 heteroatoms. The molecule has 0 fully saturated rings. The van der Waals surface area contributed by atoms with Crippen molar-refractivity contribution in [1.82, 2.24) is 0 Å². The number of nitrogens with one attached hydrogen (secondary N) is 2. The number of hydrogen-bond donors (Lipinski definition) is 2. The summed E-state index contributed by atoms with van der Waals surface area (Å²) in [6, 6.07) is 8.89. The van der Waals surface area contributed by atoms with Crippen molar-refractivity contribution < 1.29 is 28.5 Å². The Balaban J connectivity index is 2.07. The third-order valence-electron chi connectivity index (χ3n) is 4.64. The van der Waals surface area contributed by atoms with E-state index >= 15 is 0 Å². The molecule has 2 aromatic rings. The van der Waals surface area contributed by atoms with Crippen molar-refractivity contribution in [3.63, 3.8) is 0 Å². The first-order valence-electron chi connectivity index (χ1n) is 8.59. The maximum atomic E-state index is 12.4. The summed E-state index contributed by atoms with van der Waals surface area (Å²) in [6.45, 7) is 0. The molecule has 0 bridgehead atoms. The Morgan fingerprint density at radius 1 is 0.964 bits per heavy atom. The molecule has 2 N–H and O–H groups in total. The third kappa shape index (κ3) is 3.66. The molecular weight excluding hydrogens is 364 g/mol. The van der Waals surface area contributed by atoms with Crippen molar-refractivity contribution in [1.29, 1.82) is 0 Å². The molecule has 0 unspecified atom stereocenters. The lowest BCUT2D eigenvalue weighted by atomic mass is 9.84. The zero-order chi connectivity index (χ0) is 20.3. The molecule has 0 spiro atoms. The van der Waals surface area contributed by atoms with Crippen LogP contribution in [0.3, 0.4) is 0 Å². The van der Waals surface area contributed by atoms with Gasteiger partial charge in [0.1, 0.15) is 5.75 Å². The van der Waals surface area contributed by atoms with Crippen LogP contribution in [0.15, 0.2) is 30.3 Å². The highest BCUT2D eigenvalue weighted by molar-refractivity contribution is 5.97. The molecule has 0 aliphatic carbocycles. The number of rotatable bonds is 5. The van der Waals surface area contributed by atoms with Gasteiger partial charge in [0.2, 0.25) is 5.91 Å². The van der Waals surface area contributed by atoms with Crippen molar-refractivity contribution in [3.8, 4) is 17.2 Å². The van der Waals surface area contributed by atoms with Gasteiger partial charge in [0.05, 0.1) is 28.4 Å². The SMILES string of the molecule is COC(=O)Nc1ccc2c(c1)NC(=O)C[C@@H]2c1cc(OC)c(OC)cc1OC. The van der Waals surface area contributed by atoms with Gasteiger partial charge in [-0.15, -0.1) is 0 Å². The summed E-state index contributed by atoms with van der Waals surface area (Å²) in [6.07, 6.45) is -0.331. The summed E-state index contributed by atoms with van der Waals surface area (Å²) in [5.74, 6) is 1.31. The molecule has 8 nitrogen and oxygen atoms in total. The monoisotopic (exact) mass is 386 g/mol. The van der Waals surface area contributed by atoms with E-state index < -0.39 is 6.09 Å². The third-order valence-corrected chi connectivity index (χ3v) is 4.64. The van der Waals surface area contributed by atoms with Crippen LogP contribution in [0.25, 0.3) is 0 Å². The van der Waals surface area contributed by atoms with Crippen molar-refractivity contribution in [2.24, 2.45) is 0 Å². The predicted molar refractivity (Wildman–Crippen MR) is 104 cm³/mol. The van der Waals surface area contributed by atoms with Crippen LogP contribution in [0.4, 0.5) is 16.2 Å². The molecule has 1 aliphatic heterocycles. The minimum Gasteiger partial charge on any atom is -0.496 e. The van der Waals surface area contributed by atoms with E-state index in [4.69, 9.17) is 14.2 Å². The summed E-state index contributed by atoms with van der Waals surface area (Å²) in [7, 11) is 5.96. The number of hydrogen-bond acceptors (Lipinski definition) is 6. The van der Waals surface area contributed by atoms with E-state index in [0.29, 0.717) is 28.6 Å². The second-order valence-corrected chi connectivity index (χ2v) is 6.17. The number of benzene rings is 2. The summed E-state index contributed by atoms with van der Waals surface area (Å²) >= 11 is 0. The molecule has 2 aromatic carbocycles. The van der Waals surface area contributed by atoms with E-state index in [9.17, 15) is 9.59 Å². The number of ether oxygens (including phenoxy) is 4. The van der Waals surface area contributed by atoms with Crippen LogP contribution in [0.2, 0.25) is 0 Å². The molecule has 0 saturated heterocycles. The van der Waals surface area contributed by atoms with Crippen molar-refractivity contribution in [2.45, 2.75) is 12.3 Å². The average molecular weight is 386 g/mol. The van der Waals surface area contributed by atoms with Crippen LogP contribution < -0.4 is 24.8 Å². The Kier molecular flexibility index (Phi) is 5.58. The molecule has 1 aliphatic rings. The lowest BCUT2D eigenvalue weighted by molar-refractivity contribution is -0.116. The Morgan fingerprint density at radius 2 is 1.64 bits per heavy atom. The maximum absolute atomic E-state index is 12.4. The molecule has 1 atom stereocenters. The number of amides is 2. The van der Waals surface area contributed by atoms with E-state index in [1.165, 1.54) is 7.11 Å². The molecular formula is C20H22N2O6. The minimum absolute atomic E-state index is 0.135. The van der Waals surface area contributed by atoms with Crippen molar-refractivity contribution >= 4 is 23.4 Å². The maximum Gasteiger partial charge on any atom is 0.411 e. The van der Waals surface area contributed by atoms with Gasteiger partial charge in [-0.05, 0) is 23.8 Å². The largest absolute Gasteiger partial charge is 0.496 e. The van der Waals surface area contributed by atoms with Gasteiger partial charge >= 0.3 is 6.09 Å². The molecule has 3 rings (SSSR count). The van der Waals surface area contributed by atoms with Gasteiger partial charge in [0, 0.05) is 35.3 Å². The van der Waals surface area contributed by atoms with E-state index in [0.717, 1.165) is 11.1 Å². The summed E-state index contributed by atoms with van der Waals surface area (Å²) in [5.41, 5.74) is 2.85. The number of fused-ring (bicyclic) bond motifs is 1. The fraction of sp³-hybridized carbons (Fsp3) is 0.300. The molecule has 148 valence electrons. The van der Waals surface area contributed by atoms with E-state index in [-0.39, 0.29) is 18.2 Å². The van der Waals surface area contributed by atoms with Gasteiger partial charge < -0.3 is 24.3 Å². The quantitative estimate of drug-likeness (QED) is 0.818. The highest BCUT2D eigenvalue weighted by atomic mass is 16.5. The Labute approximate surface area is 162 Å². The van der Waals surface area contributed by atoms with Crippen LogP contribution in [0.1, 0.15) is 23.5 Å². The second-order valence-electron chi connectivity index (χ2n) is 6.17. The van der Waals surface area contributed by atoms with Crippen LogP contribution in [0.5, 0.6) is 17.2 Å². The molecule has 0 saturated carbocycles. The average Bonchev–Trinajstić information content (AvgIpc) is 2.71. The highest BCUT2D eigenvalue weighted by Crippen LogP contribution is 2.45. The summed E-state index contributed by atoms with van der Waals surface area (Å²) in [5, 5.41) is 5.45. The zero-order valence-corrected chi connectivity index (χ0v) is 16.1. The van der Waals surface area contributed by atoms with Gasteiger partial charge in [-0.25, -0.2) is 4.79 Å². The summed E-state index contributed by atoms with van der Waals surface area (Å²) < 4.78 is 20.9. The van der Waals surface area contributed by atoms with Gasteiger partial charge in [-0.2, -0.15) is 0 Å². The van der Waals surface area contributed by atoms with Crippen LogP contribution in [-0.2, 0) is 9.53 Å². The highest BCUT2D eigenvalue weighted by Gasteiger charge is 2.30. The fourth-order valence-corrected chi connectivity index (χ4v) is 3.31. The van der Waals surface area contributed by atoms with Gasteiger partial charge in [-0.1, -0.05) is 6.07 Å². The molecule has 0 aromatic heterocycles. The van der Waals surface area contributed by atoms with Crippen molar-refractivity contribution in [3.05, 3.63) is 41.5 Å². The minimum atomic E-state index is -0.583. The van der Waals surface area contributed by atoms with Gasteiger partial charge in [-0.3, -0.25) is 10.1 Å². The van der Waals surface area contributed by atoms with Crippen LogP contribution in [-0.4, -0.2) is 40.4 Å². The fourth-order valence-electron chi connectivity index (χ4n) is 3.31. The number of anilines is 2. The van der Waals surface area contributed by atoms with E-state index in [1.54, 1.807) is 39.5 Å². The second kappa shape index (κ2) is 8.08. The zero-order valence-electron chi connectivity index (χ0n) is 16.1. The summed E-state index contributed by atoms with van der Waals surface area (Å²) in [4.78, 5) is 23.8. The normalized spacial score (nSPS) is 15.1. The number of methoxy groups -OCH3 is 4. The Hall–Kier alpha value is -3.42. The van der Waals surface area contributed by atoms with Gasteiger partial charge in [0.15, 0.2) is 11.5 Å². The molecule has 2 amide bonds. The predicted octanol–water partition coefficient (Wildman–Crippen LogP) is 3.36. The lowest BCUT2D eigenvalue weighted by Gasteiger charge is -2.28. The Bertz CT molecular complexity index is 912. The molecule has 0 radical (unpaired) electrons. The first-order chi connectivity index (χ1) is 13.5. The molecule has 1 heterocycles. The first kappa shape index (κ1) is 19.3. The van der Waals surface area contributed by atoms with Crippen LogP contribution >= 0.6 is 0 Å². The lowest BCUT2D eigenvalue weighted by Crippen LogP contribution is -2.24. The van der Waals surface area contributed by atoms with Gasteiger partial charge in [0.25, 0.3) is 0 Å². The smallest absolute Gasteiger partial charge is 0.411 e. The first-order valence-corrected chi connectivity index (χ1v) is 8.59. The van der Waals surface area contributed by atoms with Crippen molar-refractivity contribution in [2.75, 3.05) is 39.1 Å². The standard InChI is InChI=1S/C20H22N2O6/c1-25-16-10-18(27-3)17(26-2)8-14(16)13-9-19(23)22-15-7-11(5-6-12(13)15)21-20(24)28-4/h5-8,10,13H,9H2,1-4H3,(H,21,24)(H,22,23)/t13-/m0/s1. The topological polar surface area (TPSA) is 95.1 Å². The van der Waals surface area contributed by atoms with Crippen LogP contribution in [0, 0.1) is 0 Å². The molecule has 28 heavy (non-hydrogen) atoms. The number of carbonyl (C=O) groups excluding carboxylic acids is 2.